The lowest BCUT2D eigenvalue weighted by molar-refractivity contribution is -0.125. The van der Waals surface area contributed by atoms with Gasteiger partial charge in [-0.2, -0.15) is 0 Å². The Morgan fingerprint density at radius 3 is 2.96 bits per heavy atom. The number of hydrogen-bond acceptors (Lipinski definition) is 3. The fourth-order valence-electron chi connectivity index (χ4n) is 2.96. The summed E-state index contributed by atoms with van der Waals surface area (Å²) in [4.78, 5) is 16.6. The Morgan fingerprint density at radius 1 is 1.28 bits per heavy atom. The van der Waals surface area contributed by atoms with Crippen molar-refractivity contribution < 1.29 is 9.53 Å². The van der Waals surface area contributed by atoms with Crippen LogP contribution in [0.1, 0.15) is 43.5 Å². The van der Waals surface area contributed by atoms with Crippen molar-refractivity contribution in [3.63, 3.8) is 0 Å². The third kappa shape index (κ3) is 4.92. The van der Waals surface area contributed by atoms with Gasteiger partial charge >= 0.3 is 0 Å². The third-order valence-corrected chi connectivity index (χ3v) is 4.47. The normalized spacial score (nSPS) is 17.7. The Kier molecular flexibility index (Phi) is 5.83. The van der Waals surface area contributed by atoms with Gasteiger partial charge in [-0.05, 0) is 56.0 Å². The maximum Gasteiger partial charge on any atom is 0.223 e. The van der Waals surface area contributed by atoms with Gasteiger partial charge in [0, 0.05) is 12.1 Å². The molecular weight excluding hydrogens is 312 g/mol. The number of hydrogen-bond donors (Lipinski definition) is 1. The molecule has 2 atom stereocenters. The molecule has 0 bridgehead atoms. The molecular formula is C21H24N2O2. The molecule has 1 heterocycles. The molecule has 0 spiro atoms. The lowest BCUT2D eigenvalue weighted by Crippen LogP contribution is -2.33. The summed E-state index contributed by atoms with van der Waals surface area (Å²) in [7, 11) is 0. The SMILES string of the molecule is CC(NC(=O)C1CC=CCC1)c1cccc(OCc2ccccn2)c1. The zero-order valence-corrected chi connectivity index (χ0v) is 14.5. The van der Waals surface area contributed by atoms with E-state index >= 15 is 0 Å². The number of ether oxygens (including phenoxy) is 1. The van der Waals surface area contributed by atoms with Crippen molar-refractivity contribution in [1.29, 1.82) is 0 Å². The molecule has 130 valence electrons. The molecule has 0 saturated heterocycles. The van der Waals surface area contributed by atoms with Crippen LogP contribution in [0.5, 0.6) is 5.75 Å². The van der Waals surface area contributed by atoms with Crippen LogP contribution in [0.4, 0.5) is 0 Å². The third-order valence-electron chi connectivity index (χ3n) is 4.47. The van der Waals surface area contributed by atoms with E-state index in [4.69, 9.17) is 4.74 Å². The fourth-order valence-corrected chi connectivity index (χ4v) is 2.96. The van der Waals surface area contributed by atoms with Gasteiger partial charge in [0.15, 0.2) is 0 Å². The quantitative estimate of drug-likeness (QED) is 0.805. The fraction of sp³-hybridized carbons (Fsp3) is 0.333. The molecule has 1 aromatic heterocycles. The second-order valence-corrected chi connectivity index (χ2v) is 6.39. The predicted octanol–water partition coefficient (Wildman–Crippen LogP) is 4.19. The summed E-state index contributed by atoms with van der Waals surface area (Å²) in [5.41, 5.74) is 1.93. The monoisotopic (exact) mass is 336 g/mol. The first-order valence-corrected chi connectivity index (χ1v) is 8.80. The Labute approximate surface area is 148 Å². The van der Waals surface area contributed by atoms with Crippen molar-refractivity contribution in [3.05, 3.63) is 72.1 Å². The van der Waals surface area contributed by atoms with E-state index in [0.717, 1.165) is 36.3 Å². The van der Waals surface area contributed by atoms with Crippen molar-refractivity contribution >= 4 is 5.91 Å². The van der Waals surface area contributed by atoms with E-state index in [0.29, 0.717) is 6.61 Å². The van der Waals surface area contributed by atoms with E-state index in [1.165, 1.54) is 0 Å². The number of carbonyl (C=O) groups excluding carboxylic acids is 1. The number of aromatic nitrogens is 1. The second-order valence-electron chi connectivity index (χ2n) is 6.39. The van der Waals surface area contributed by atoms with E-state index < -0.39 is 0 Å². The largest absolute Gasteiger partial charge is 0.487 e. The molecule has 0 saturated carbocycles. The molecule has 25 heavy (non-hydrogen) atoms. The molecule has 1 aromatic carbocycles. The number of rotatable bonds is 6. The summed E-state index contributed by atoms with van der Waals surface area (Å²) in [5.74, 6) is 1.01. The van der Waals surface area contributed by atoms with Gasteiger partial charge in [0.05, 0.1) is 11.7 Å². The molecule has 0 fully saturated rings. The molecule has 2 unspecified atom stereocenters. The average Bonchev–Trinajstić information content (AvgIpc) is 2.68. The highest BCUT2D eigenvalue weighted by atomic mass is 16.5. The lowest BCUT2D eigenvalue weighted by atomic mass is 9.93. The Bertz CT molecular complexity index is 728. The zero-order valence-electron chi connectivity index (χ0n) is 14.5. The van der Waals surface area contributed by atoms with Gasteiger partial charge in [-0.3, -0.25) is 9.78 Å². The van der Waals surface area contributed by atoms with Crippen LogP contribution >= 0.6 is 0 Å². The van der Waals surface area contributed by atoms with Crippen LogP contribution in [0.15, 0.2) is 60.8 Å². The second kappa shape index (κ2) is 8.47. The highest BCUT2D eigenvalue weighted by Crippen LogP contribution is 2.22. The maximum atomic E-state index is 12.4. The highest BCUT2D eigenvalue weighted by molar-refractivity contribution is 5.79. The van der Waals surface area contributed by atoms with Gasteiger partial charge < -0.3 is 10.1 Å². The molecule has 2 aromatic rings. The van der Waals surface area contributed by atoms with Crippen molar-refractivity contribution in [1.82, 2.24) is 10.3 Å². The van der Waals surface area contributed by atoms with Gasteiger partial charge in [-0.1, -0.05) is 30.4 Å². The van der Waals surface area contributed by atoms with Gasteiger partial charge in [-0.25, -0.2) is 0 Å². The first-order chi connectivity index (χ1) is 12.2. The summed E-state index contributed by atoms with van der Waals surface area (Å²) in [6.45, 7) is 2.44. The molecule has 1 aliphatic carbocycles. The van der Waals surface area contributed by atoms with E-state index in [9.17, 15) is 4.79 Å². The molecule has 0 radical (unpaired) electrons. The standard InChI is InChI=1S/C21H24N2O2/c1-16(23-21(24)17-8-3-2-4-9-17)18-10-7-12-20(14-18)25-15-19-11-5-6-13-22-19/h2-3,5-7,10-14,16-17H,4,8-9,15H2,1H3,(H,23,24). The average molecular weight is 336 g/mol. The zero-order chi connectivity index (χ0) is 17.5. The summed E-state index contributed by atoms with van der Waals surface area (Å²) in [6.07, 6.45) is 8.77. The van der Waals surface area contributed by atoms with Crippen LogP contribution < -0.4 is 10.1 Å². The van der Waals surface area contributed by atoms with Crippen LogP contribution in [0.2, 0.25) is 0 Å². The lowest BCUT2D eigenvalue weighted by Gasteiger charge is -2.21. The van der Waals surface area contributed by atoms with Crippen molar-refractivity contribution in [2.75, 3.05) is 0 Å². The molecule has 0 aliphatic heterocycles. The number of nitrogens with zero attached hydrogens (tertiary/aromatic N) is 1. The van der Waals surface area contributed by atoms with Crippen molar-refractivity contribution in [3.8, 4) is 5.75 Å². The Balaban J connectivity index is 1.58. The Hall–Kier alpha value is -2.62. The van der Waals surface area contributed by atoms with Crippen molar-refractivity contribution in [2.24, 2.45) is 5.92 Å². The summed E-state index contributed by atoms with van der Waals surface area (Å²) in [6, 6.07) is 13.6. The number of carbonyl (C=O) groups is 1. The van der Waals surface area contributed by atoms with Gasteiger partial charge in [0.25, 0.3) is 0 Å². The first-order valence-electron chi connectivity index (χ1n) is 8.80. The molecule has 3 rings (SSSR count). The topological polar surface area (TPSA) is 51.2 Å². The number of benzene rings is 1. The predicted molar refractivity (Wildman–Crippen MR) is 98.0 cm³/mol. The summed E-state index contributed by atoms with van der Waals surface area (Å²) >= 11 is 0. The molecule has 1 aliphatic rings. The minimum absolute atomic E-state index is 0.0446. The van der Waals surface area contributed by atoms with Gasteiger partial charge in [-0.15, -0.1) is 0 Å². The smallest absolute Gasteiger partial charge is 0.223 e. The van der Waals surface area contributed by atoms with Crippen LogP contribution in [0, 0.1) is 5.92 Å². The maximum absolute atomic E-state index is 12.4. The van der Waals surface area contributed by atoms with Crippen molar-refractivity contribution in [2.45, 2.75) is 38.8 Å². The summed E-state index contributed by atoms with van der Waals surface area (Å²) in [5, 5.41) is 3.13. The van der Waals surface area contributed by atoms with Crippen LogP contribution in [-0.2, 0) is 11.4 Å². The number of nitrogens with one attached hydrogen (secondary N) is 1. The molecule has 1 N–H and O–H groups in total. The van der Waals surface area contributed by atoms with Gasteiger partial charge in [0.2, 0.25) is 5.91 Å². The van der Waals surface area contributed by atoms with Crippen LogP contribution in [0.25, 0.3) is 0 Å². The highest BCUT2D eigenvalue weighted by Gasteiger charge is 2.20. The molecule has 1 amide bonds. The Morgan fingerprint density at radius 2 is 2.20 bits per heavy atom. The van der Waals surface area contributed by atoms with E-state index in [1.807, 2.05) is 49.4 Å². The minimum atomic E-state index is -0.0446. The molecule has 4 nitrogen and oxygen atoms in total. The number of amides is 1. The minimum Gasteiger partial charge on any atom is -0.487 e. The van der Waals surface area contributed by atoms with Crippen LogP contribution in [0.3, 0.4) is 0 Å². The van der Waals surface area contributed by atoms with E-state index in [2.05, 4.69) is 22.5 Å². The summed E-state index contributed by atoms with van der Waals surface area (Å²) < 4.78 is 5.82. The number of pyridine rings is 1. The molecule has 4 heteroatoms. The van der Waals surface area contributed by atoms with Crippen LogP contribution in [-0.4, -0.2) is 10.9 Å². The number of allylic oxidation sites excluding steroid dienone is 2. The van der Waals surface area contributed by atoms with Gasteiger partial charge in [0.1, 0.15) is 12.4 Å². The van der Waals surface area contributed by atoms with E-state index in [-0.39, 0.29) is 17.9 Å². The first kappa shape index (κ1) is 17.2. The van der Waals surface area contributed by atoms with E-state index in [1.54, 1.807) is 6.20 Å².